The monoisotopic (exact) mass is 407 g/mol. The minimum absolute atomic E-state index is 0.0438. The highest BCUT2D eigenvalue weighted by atomic mass is 32.1. The molecule has 3 aromatic rings. The van der Waals surface area contributed by atoms with E-state index in [0.717, 1.165) is 34.1 Å². The third-order valence-electron chi connectivity index (χ3n) is 5.16. The summed E-state index contributed by atoms with van der Waals surface area (Å²) in [4.78, 5) is 14.4. The van der Waals surface area contributed by atoms with Crippen molar-refractivity contribution in [3.05, 3.63) is 65.0 Å². The van der Waals surface area contributed by atoms with Gasteiger partial charge in [-0.3, -0.25) is 4.79 Å². The molecule has 6 heteroatoms. The molecular weight excluding hydrogens is 386 g/mol. The number of rotatable bonds is 4. The van der Waals surface area contributed by atoms with Crippen molar-refractivity contribution in [1.82, 2.24) is 5.32 Å². The van der Waals surface area contributed by atoms with Crippen molar-refractivity contribution in [3.63, 3.8) is 0 Å². The maximum absolute atomic E-state index is 12.6. The van der Waals surface area contributed by atoms with E-state index in [0.29, 0.717) is 31.2 Å². The molecule has 0 saturated heterocycles. The number of nitrogens with one attached hydrogen (secondary N) is 1. The van der Waals surface area contributed by atoms with E-state index in [1.807, 2.05) is 48.5 Å². The molecule has 5 rings (SSSR count). The number of amides is 1. The topological polar surface area (TPSA) is 56.8 Å². The van der Waals surface area contributed by atoms with Crippen LogP contribution in [-0.2, 0) is 6.42 Å². The zero-order chi connectivity index (χ0) is 19.6. The number of ether oxygens (including phenoxy) is 3. The quantitative estimate of drug-likeness (QED) is 0.705. The average Bonchev–Trinajstić information content (AvgIpc) is 3.27. The van der Waals surface area contributed by atoms with E-state index in [-0.39, 0.29) is 11.8 Å². The van der Waals surface area contributed by atoms with Crippen LogP contribution in [0.5, 0.6) is 17.2 Å². The maximum atomic E-state index is 12.6. The van der Waals surface area contributed by atoms with Gasteiger partial charge in [-0.2, -0.15) is 0 Å². The van der Waals surface area contributed by atoms with Gasteiger partial charge < -0.3 is 19.5 Å². The lowest BCUT2D eigenvalue weighted by Crippen LogP contribution is -2.34. The lowest BCUT2D eigenvalue weighted by atomic mass is 9.97. The molecule has 0 aliphatic carbocycles. The summed E-state index contributed by atoms with van der Waals surface area (Å²) in [7, 11) is 0. The van der Waals surface area contributed by atoms with E-state index in [1.54, 1.807) is 0 Å². The molecule has 29 heavy (non-hydrogen) atoms. The molecule has 0 bridgehead atoms. The molecule has 1 amide bonds. The fourth-order valence-corrected chi connectivity index (χ4v) is 4.58. The van der Waals surface area contributed by atoms with Crippen LogP contribution >= 0.6 is 11.3 Å². The van der Waals surface area contributed by atoms with E-state index in [2.05, 4.69) is 11.4 Å². The van der Waals surface area contributed by atoms with E-state index in [1.165, 1.54) is 16.9 Å². The Morgan fingerprint density at radius 3 is 2.76 bits per heavy atom. The summed E-state index contributed by atoms with van der Waals surface area (Å²) < 4.78 is 17.0. The molecule has 1 aromatic heterocycles. The van der Waals surface area contributed by atoms with Gasteiger partial charge in [0.05, 0.1) is 11.5 Å². The molecule has 5 nitrogen and oxygen atoms in total. The molecule has 148 valence electrons. The summed E-state index contributed by atoms with van der Waals surface area (Å²) >= 11 is 1.48. The summed E-state index contributed by atoms with van der Waals surface area (Å²) in [6, 6.07) is 17.8. The van der Waals surface area contributed by atoms with Gasteiger partial charge in [-0.1, -0.05) is 18.2 Å². The summed E-state index contributed by atoms with van der Waals surface area (Å²) in [6.07, 6.45) is 0.920. The number of benzene rings is 2. The SMILES string of the molecule is O=C(NCC1COc2ccccc2C1)c1ccc(-c2ccc3c(c2)OCCO3)s1. The lowest BCUT2D eigenvalue weighted by molar-refractivity contribution is 0.0943. The van der Waals surface area contributed by atoms with Crippen LogP contribution in [0, 0.1) is 5.92 Å². The molecule has 1 N–H and O–H groups in total. The van der Waals surface area contributed by atoms with Crippen molar-refractivity contribution in [3.8, 4) is 27.7 Å². The molecule has 2 aliphatic rings. The summed E-state index contributed by atoms with van der Waals surface area (Å²) in [5.41, 5.74) is 2.23. The number of hydrogen-bond acceptors (Lipinski definition) is 5. The smallest absolute Gasteiger partial charge is 0.261 e. The van der Waals surface area contributed by atoms with Crippen molar-refractivity contribution in [2.45, 2.75) is 6.42 Å². The van der Waals surface area contributed by atoms with Crippen LogP contribution < -0.4 is 19.5 Å². The largest absolute Gasteiger partial charge is 0.493 e. The highest BCUT2D eigenvalue weighted by molar-refractivity contribution is 7.17. The zero-order valence-corrected chi connectivity index (χ0v) is 16.7. The maximum Gasteiger partial charge on any atom is 0.261 e. The Hall–Kier alpha value is -2.99. The third-order valence-corrected chi connectivity index (χ3v) is 6.30. The van der Waals surface area contributed by atoms with E-state index >= 15 is 0 Å². The predicted octanol–water partition coefficient (Wildman–Crippen LogP) is 4.17. The normalized spacial score (nSPS) is 17.2. The number of fused-ring (bicyclic) bond motifs is 2. The van der Waals surface area contributed by atoms with Crippen LogP contribution in [-0.4, -0.2) is 32.3 Å². The van der Waals surface area contributed by atoms with Gasteiger partial charge in [0, 0.05) is 17.3 Å². The minimum Gasteiger partial charge on any atom is -0.493 e. The van der Waals surface area contributed by atoms with Gasteiger partial charge in [0.2, 0.25) is 0 Å². The predicted molar refractivity (Wildman–Crippen MR) is 112 cm³/mol. The second kappa shape index (κ2) is 7.79. The first-order valence-corrected chi connectivity index (χ1v) is 10.6. The molecule has 0 spiro atoms. The first-order valence-electron chi connectivity index (χ1n) is 9.75. The van der Waals surface area contributed by atoms with E-state index in [9.17, 15) is 4.79 Å². The third kappa shape index (κ3) is 3.80. The fourth-order valence-electron chi connectivity index (χ4n) is 3.66. The number of thiophene rings is 1. The van der Waals surface area contributed by atoms with Crippen LogP contribution in [0.25, 0.3) is 10.4 Å². The van der Waals surface area contributed by atoms with Gasteiger partial charge in [-0.05, 0) is 53.9 Å². The van der Waals surface area contributed by atoms with Crippen LogP contribution in [0.2, 0.25) is 0 Å². The first-order chi connectivity index (χ1) is 14.3. The Labute approximate surface area is 173 Å². The first kappa shape index (κ1) is 18.1. The van der Waals surface area contributed by atoms with Crippen molar-refractivity contribution >= 4 is 17.2 Å². The van der Waals surface area contributed by atoms with Crippen molar-refractivity contribution in [2.24, 2.45) is 5.92 Å². The molecule has 0 fully saturated rings. The summed E-state index contributed by atoms with van der Waals surface area (Å²) in [5.74, 6) is 2.72. The zero-order valence-electron chi connectivity index (χ0n) is 15.9. The number of hydrogen-bond donors (Lipinski definition) is 1. The van der Waals surface area contributed by atoms with Gasteiger partial charge >= 0.3 is 0 Å². The van der Waals surface area contributed by atoms with Crippen LogP contribution in [0.15, 0.2) is 54.6 Å². The molecule has 0 radical (unpaired) electrons. The van der Waals surface area contributed by atoms with Crippen molar-refractivity contribution < 1.29 is 19.0 Å². The molecular formula is C23H21NO4S. The van der Waals surface area contributed by atoms with Crippen molar-refractivity contribution in [2.75, 3.05) is 26.4 Å². The summed E-state index contributed by atoms with van der Waals surface area (Å²) in [5, 5.41) is 3.06. The Balaban J connectivity index is 1.22. The van der Waals surface area contributed by atoms with Crippen LogP contribution in [0.4, 0.5) is 0 Å². The Morgan fingerprint density at radius 1 is 0.966 bits per heavy atom. The van der Waals surface area contributed by atoms with Crippen LogP contribution in [0.1, 0.15) is 15.2 Å². The standard InChI is InChI=1S/C23H21NO4S/c25-23(24-13-15-11-16-3-1-2-4-18(16)28-14-15)22-8-7-21(29-22)17-5-6-19-20(12-17)27-10-9-26-19/h1-8,12,15H,9-11,13-14H2,(H,24,25). The van der Waals surface area contributed by atoms with E-state index in [4.69, 9.17) is 14.2 Å². The average molecular weight is 407 g/mol. The van der Waals surface area contributed by atoms with E-state index < -0.39 is 0 Å². The van der Waals surface area contributed by atoms with Gasteiger partial charge in [0.15, 0.2) is 11.5 Å². The Morgan fingerprint density at radius 2 is 1.83 bits per heavy atom. The highest BCUT2D eigenvalue weighted by Crippen LogP contribution is 2.37. The van der Waals surface area contributed by atoms with Crippen molar-refractivity contribution in [1.29, 1.82) is 0 Å². The number of carbonyl (C=O) groups excluding carboxylic acids is 1. The highest BCUT2D eigenvalue weighted by Gasteiger charge is 2.21. The molecule has 2 aromatic carbocycles. The van der Waals surface area contributed by atoms with Gasteiger partial charge in [0.25, 0.3) is 5.91 Å². The number of carbonyl (C=O) groups is 1. The molecule has 2 aliphatic heterocycles. The molecule has 3 heterocycles. The van der Waals surface area contributed by atoms with Gasteiger partial charge in [-0.25, -0.2) is 0 Å². The molecule has 0 saturated carbocycles. The minimum atomic E-state index is -0.0438. The Bertz CT molecular complexity index is 1040. The second-order valence-corrected chi connectivity index (χ2v) is 8.31. The molecule has 1 unspecified atom stereocenters. The fraction of sp³-hybridized carbons (Fsp3) is 0.261. The lowest BCUT2D eigenvalue weighted by Gasteiger charge is -2.25. The van der Waals surface area contributed by atoms with Gasteiger partial charge in [-0.15, -0.1) is 11.3 Å². The Kier molecular flexibility index (Phi) is 4.86. The molecule has 1 atom stereocenters. The summed E-state index contributed by atoms with van der Waals surface area (Å²) in [6.45, 7) is 2.37. The van der Waals surface area contributed by atoms with Crippen LogP contribution in [0.3, 0.4) is 0 Å². The van der Waals surface area contributed by atoms with Gasteiger partial charge in [0.1, 0.15) is 19.0 Å². The second-order valence-electron chi connectivity index (χ2n) is 7.22. The number of para-hydroxylation sites is 1.